The molecule has 1 aliphatic rings. The Morgan fingerprint density at radius 1 is 1.14 bits per heavy atom. The Morgan fingerprint density at radius 2 is 2.00 bits per heavy atom. The molecule has 0 atom stereocenters. The molecule has 4 rings (SSSR count). The number of amides is 1. The van der Waals surface area contributed by atoms with Gasteiger partial charge < -0.3 is 9.64 Å². The van der Waals surface area contributed by atoms with Crippen molar-refractivity contribution in [3.05, 3.63) is 66.0 Å². The molecule has 0 N–H and O–H groups in total. The average molecular weight is 374 g/mol. The van der Waals surface area contributed by atoms with Crippen molar-refractivity contribution in [2.45, 2.75) is 18.9 Å². The van der Waals surface area contributed by atoms with Gasteiger partial charge in [0.15, 0.2) is 5.82 Å². The van der Waals surface area contributed by atoms with E-state index in [1.807, 2.05) is 6.07 Å². The van der Waals surface area contributed by atoms with Gasteiger partial charge in [0, 0.05) is 50.0 Å². The smallest absolute Gasteiger partial charge is 0.253 e. The van der Waals surface area contributed by atoms with Crippen LogP contribution in [-0.4, -0.2) is 50.0 Å². The molecule has 1 fully saturated rings. The number of carbonyl (C=O) groups is 1. The first-order valence-corrected chi connectivity index (χ1v) is 9.03. The first-order chi connectivity index (χ1) is 13.7. The molecule has 140 valence electrons. The number of nitrogens with zero attached hydrogens (tertiary/aromatic N) is 6. The molecule has 2 aromatic heterocycles. The van der Waals surface area contributed by atoms with Gasteiger partial charge in [-0.3, -0.25) is 4.79 Å². The Kier molecular flexibility index (Phi) is 4.97. The van der Waals surface area contributed by atoms with Crippen LogP contribution >= 0.6 is 0 Å². The van der Waals surface area contributed by atoms with Crippen LogP contribution in [0, 0.1) is 11.3 Å². The zero-order valence-electron chi connectivity index (χ0n) is 15.1. The van der Waals surface area contributed by atoms with Crippen molar-refractivity contribution in [2.24, 2.45) is 0 Å². The lowest BCUT2D eigenvalue weighted by molar-refractivity contribution is 0.0586. The van der Waals surface area contributed by atoms with Gasteiger partial charge in [0.1, 0.15) is 6.10 Å². The number of likely N-dealkylation sites (tertiary alicyclic amines) is 1. The van der Waals surface area contributed by atoms with Crippen LogP contribution in [0.3, 0.4) is 0 Å². The molecule has 0 radical (unpaired) electrons. The quantitative estimate of drug-likeness (QED) is 0.695. The maximum absolute atomic E-state index is 12.6. The van der Waals surface area contributed by atoms with Crippen LogP contribution < -0.4 is 4.74 Å². The first kappa shape index (κ1) is 17.7. The van der Waals surface area contributed by atoms with Crippen LogP contribution in [0.5, 0.6) is 5.88 Å². The number of rotatable bonds is 4. The zero-order valence-corrected chi connectivity index (χ0v) is 15.1. The summed E-state index contributed by atoms with van der Waals surface area (Å²) in [6.45, 7) is 1.19. The highest BCUT2D eigenvalue weighted by molar-refractivity contribution is 5.94. The summed E-state index contributed by atoms with van der Waals surface area (Å²) in [6.07, 6.45) is 4.89. The molecule has 1 amide bonds. The second-order valence-electron chi connectivity index (χ2n) is 6.48. The Morgan fingerprint density at radius 3 is 2.68 bits per heavy atom. The summed E-state index contributed by atoms with van der Waals surface area (Å²) >= 11 is 0. The highest BCUT2D eigenvalue weighted by Crippen LogP contribution is 2.19. The third-order valence-corrected chi connectivity index (χ3v) is 4.62. The number of piperidine rings is 1. The molecule has 3 heterocycles. The van der Waals surface area contributed by atoms with Gasteiger partial charge in [0.25, 0.3) is 5.91 Å². The summed E-state index contributed by atoms with van der Waals surface area (Å²) in [7, 11) is 0. The van der Waals surface area contributed by atoms with E-state index >= 15 is 0 Å². The van der Waals surface area contributed by atoms with E-state index in [1.165, 1.54) is 0 Å². The molecule has 0 unspecified atom stereocenters. The van der Waals surface area contributed by atoms with E-state index in [0.29, 0.717) is 48.8 Å². The first-order valence-electron chi connectivity index (χ1n) is 9.03. The average Bonchev–Trinajstić information content (AvgIpc) is 3.29. The molecule has 28 heavy (non-hydrogen) atoms. The monoisotopic (exact) mass is 374 g/mol. The number of ether oxygens (including phenoxy) is 1. The fourth-order valence-corrected chi connectivity index (χ4v) is 3.15. The lowest BCUT2D eigenvalue weighted by Crippen LogP contribution is -2.41. The van der Waals surface area contributed by atoms with Gasteiger partial charge in [-0.15, -0.1) is 10.2 Å². The van der Waals surface area contributed by atoms with Crippen molar-refractivity contribution < 1.29 is 9.53 Å². The van der Waals surface area contributed by atoms with E-state index in [2.05, 4.69) is 21.4 Å². The summed E-state index contributed by atoms with van der Waals surface area (Å²) in [5.41, 5.74) is 1.03. The minimum atomic E-state index is -0.0566. The number of carbonyl (C=O) groups excluding carboxylic acids is 1. The largest absolute Gasteiger partial charge is 0.473 e. The van der Waals surface area contributed by atoms with Crippen LogP contribution in [-0.2, 0) is 0 Å². The van der Waals surface area contributed by atoms with Crippen LogP contribution in [0.1, 0.15) is 28.8 Å². The van der Waals surface area contributed by atoms with Crippen LogP contribution in [0.4, 0.5) is 0 Å². The van der Waals surface area contributed by atoms with Crippen molar-refractivity contribution in [3.8, 4) is 17.8 Å². The standard InChI is InChI=1S/C20H18N6O2/c21-14-15-3-1-4-16(13-15)20(27)25-11-7-17(8-12-25)28-19-6-5-18(23-24-19)26-10-2-9-22-26/h1-6,9-10,13,17H,7-8,11-12H2. The van der Waals surface area contributed by atoms with Crippen LogP contribution in [0.15, 0.2) is 54.9 Å². The fraction of sp³-hybridized carbons (Fsp3) is 0.250. The van der Waals surface area contributed by atoms with E-state index in [4.69, 9.17) is 10.00 Å². The Labute approximate surface area is 162 Å². The van der Waals surface area contributed by atoms with E-state index in [-0.39, 0.29) is 12.0 Å². The highest BCUT2D eigenvalue weighted by Gasteiger charge is 2.25. The second kappa shape index (κ2) is 7.88. The van der Waals surface area contributed by atoms with E-state index in [9.17, 15) is 4.79 Å². The lowest BCUT2D eigenvalue weighted by Gasteiger charge is -2.32. The molecule has 0 spiro atoms. The predicted molar refractivity (Wildman–Crippen MR) is 99.9 cm³/mol. The fourth-order valence-electron chi connectivity index (χ4n) is 3.15. The van der Waals surface area contributed by atoms with Gasteiger partial charge in [0.2, 0.25) is 5.88 Å². The van der Waals surface area contributed by atoms with Gasteiger partial charge in [-0.05, 0) is 30.3 Å². The van der Waals surface area contributed by atoms with Gasteiger partial charge in [-0.2, -0.15) is 10.4 Å². The molecular weight excluding hydrogens is 356 g/mol. The SMILES string of the molecule is N#Cc1cccc(C(=O)N2CCC(Oc3ccc(-n4cccn4)nn3)CC2)c1. The number of aromatic nitrogens is 4. The molecule has 3 aromatic rings. The molecule has 1 saturated heterocycles. The summed E-state index contributed by atoms with van der Waals surface area (Å²) in [4.78, 5) is 14.4. The number of hydrogen-bond donors (Lipinski definition) is 0. The van der Waals surface area contributed by atoms with E-state index in [0.717, 1.165) is 0 Å². The van der Waals surface area contributed by atoms with Crippen LogP contribution in [0.25, 0.3) is 5.82 Å². The van der Waals surface area contributed by atoms with Gasteiger partial charge in [0.05, 0.1) is 11.6 Å². The third-order valence-electron chi connectivity index (χ3n) is 4.62. The van der Waals surface area contributed by atoms with Crippen LogP contribution in [0.2, 0.25) is 0 Å². The summed E-state index contributed by atoms with van der Waals surface area (Å²) < 4.78 is 7.54. The van der Waals surface area contributed by atoms with Gasteiger partial charge in [-0.1, -0.05) is 6.07 Å². The van der Waals surface area contributed by atoms with Gasteiger partial charge >= 0.3 is 0 Å². The summed E-state index contributed by atoms with van der Waals surface area (Å²) in [5.74, 6) is 1.03. The van der Waals surface area contributed by atoms with Crippen molar-refractivity contribution in [2.75, 3.05) is 13.1 Å². The predicted octanol–water partition coefficient (Wildman–Crippen LogP) is 2.22. The second-order valence-corrected chi connectivity index (χ2v) is 6.48. The molecule has 8 nitrogen and oxygen atoms in total. The van der Waals surface area contributed by atoms with Crippen molar-refractivity contribution in [1.82, 2.24) is 24.9 Å². The highest BCUT2D eigenvalue weighted by atomic mass is 16.5. The number of nitriles is 1. The third kappa shape index (κ3) is 3.83. The molecule has 8 heteroatoms. The van der Waals surface area contributed by atoms with Gasteiger partial charge in [-0.25, -0.2) is 4.68 Å². The molecule has 1 aliphatic heterocycles. The minimum absolute atomic E-state index is 0.0145. The zero-order chi connectivity index (χ0) is 19.3. The number of hydrogen-bond acceptors (Lipinski definition) is 6. The Bertz CT molecular complexity index is 986. The Hall–Kier alpha value is -3.73. The summed E-state index contributed by atoms with van der Waals surface area (Å²) in [6, 6.07) is 14.2. The molecule has 0 saturated carbocycles. The normalized spacial score (nSPS) is 14.5. The number of benzene rings is 1. The molecular formula is C20H18N6O2. The van der Waals surface area contributed by atoms with Crippen molar-refractivity contribution in [3.63, 3.8) is 0 Å². The maximum atomic E-state index is 12.6. The van der Waals surface area contributed by atoms with E-state index < -0.39 is 0 Å². The maximum Gasteiger partial charge on any atom is 0.253 e. The topological polar surface area (TPSA) is 96.9 Å². The molecule has 0 bridgehead atoms. The van der Waals surface area contributed by atoms with Crippen molar-refractivity contribution in [1.29, 1.82) is 5.26 Å². The lowest BCUT2D eigenvalue weighted by atomic mass is 10.1. The molecule has 1 aromatic carbocycles. The summed E-state index contributed by atoms with van der Waals surface area (Å²) in [5, 5.41) is 21.3. The minimum Gasteiger partial charge on any atom is -0.473 e. The van der Waals surface area contributed by atoms with E-state index in [1.54, 1.807) is 58.4 Å². The Balaban J connectivity index is 1.33. The van der Waals surface area contributed by atoms with Crippen molar-refractivity contribution >= 4 is 5.91 Å². The molecule has 0 aliphatic carbocycles.